The molecule has 1 amide bonds. The molecule has 0 radical (unpaired) electrons. The Morgan fingerprint density at radius 2 is 2.17 bits per heavy atom. The van der Waals surface area contributed by atoms with Crippen LogP contribution < -0.4 is 0 Å². The maximum Gasteiger partial charge on any atom is 0.224 e. The standard InChI is InChI=1S/C21H26N6O2/c1-15-21(16(2)29-25-15)19-13-23-17(12-24-19)5-6-18-4-3-9-27(18)20(28)7-10-26-11-8-22-14-26/h8,11-14,18H,3-7,9-10H2,1-2H3. The van der Waals surface area contributed by atoms with Gasteiger partial charge in [0, 0.05) is 44.1 Å². The van der Waals surface area contributed by atoms with Gasteiger partial charge >= 0.3 is 0 Å². The van der Waals surface area contributed by atoms with Crippen molar-refractivity contribution in [1.82, 2.24) is 29.6 Å². The third kappa shape index (κ3) is 4.36. The van der Waals surface area contributed by atoms with Gasteiger partial charge < -0.3 is 14.0 Å². The van der Waals surface area contributed by atoms with Crippen molar-refractivity contribution >= 4 is 5.91 Å². The summed E-state index contributed by atoms with van der Waals surface area (Å²) in [5.74, 6) is 0.974. The van der Waals surface area contributed by atoms with Gasteiger partial charge in [0.05, 0.1) is 35.2 Å². The molecule has 0 aliphatic carbocycles. The molecule has 0 bridgehead atoms. The second-order valence-corrected chi connectivity index (χ2v) is 7.56. The summed E-state index contributed by atoms with van der Waals surface area (Å²) < 4.78 is 7.16. The molecule has 29 heavy (non-hydrogen) atoms. The number of rotatable bonds is 7. The molecule has 3 aromatic heterocycles. The summed E-state index contributed by atoms with van der Waals surface area (Å²) >= 11 is 0. The highest BCUT2D eigenvalue weighted by molar-refractivity contribution is 5.76. The van der Waals surface area contributed by atoms with Gasteiger partial charge in [0.25, 0.3) is 0 Å². The lowest BCUT2D eigenvalue weighted by Crippen LogP contribution is -2.36. The van der Waals surface area contributed by atoms with E-state index in [1.807, 2.05) is 35.7 Å². The zero-order chi connectivity index (χ0) is 20.2. The van der Waals surface area contributed by atoms with Crippen LogP contribution in [0.3, 0.4) is 0 Å². The van der Waals surface area contributed by atoms with Crippen LogP contribution in [0.1, 0.15) is 42.8 Å². The van der Waals surface area contributed by atoms with Crippen LogP contribution in [0.25, 0.3) is 11.3 Å². The fourth-order valence-corrected chi connectivity index (χ4v) is 4.03. The van der Waals surface area contributed by atoms with E-state index in [4.69, 9.17) is 4.52 Å². The number of likely N-dealkylation sites (tertiary alicyclic amines) is 1. The molecule has 1 saturated heterocycles. The Labute approximate surface area is 170 Å². The number of imidazole rings is 1. The van der Waals surface area contributed by atoms with Gasteiger partial charge in [0.2, 0.25) is 5.91 Å². The molecule has 3 aromatic rings. The summed E-state index contributed by atoms with van der Waals surface area (Å²) in [6.45, 7) is 5.31. The highest BCUT2D eigenvalue weighted by Crippen LogP contribution is 2.25. The fourth-order valence-electron chi connectivity index (χ4n) is 4.03. The summed E-state index contributed by atoms with van der Waals surface area (Å²) in [7, 11) is 0. The van der Waals surface area contributed by atoms with Gasteiger partial charge in [-0.05, 0) is 39.5 Å². The van der Waals surface area contributed by atoms with E-state index in [1.165, 1.54) is 0 Å². The molecule has 1 atom stereocenters. The number of carbonyl (C=O) groups is 1. The molecule has 0 saturated carbocycles. The van der Waals surface area contributed by atoms with Crippen LogP contribution in [0.5, 0.6) is 0 Å². The topological polar surface area (TPSA) is 89.9 Å². The summed E-state index contributed by atoms with van der Waals surface area (Å²) in [5.41, 5.74) is 3.45. The quantitative estimate of drug-likeness (QED) is 0.612. The minimum atomic E-state index is 0.223. The molecular weight excluding hydrogens is 368 g/mol. The fraction of sp³-hybridized carbons (Fsp3) is 0.476. The molecule has 1 fully saturated rings. The van der Waals surface area contributed by atoms with E-state index in [9.17, 15) is 4.79 Å². The van der Waals surface area contributed by atoms with Crippen molar-refractivity contribution < 1.29 is 9.32 Å². The van der Waals surface area contributed by atoms with Gasteiger partial charge in [0.15, 0.2) is 0 Å². The SMILES string of the molecule is Cc1noc(C)c1-c1cnc(CCC2CCCN2C(=O)CCn2ccnc2)cn1. The van der Waals surface area contributed by atoms with E-state index < -0.39 is 0 Å². The van der Waals surface area contributed by atoms with Crippen LogP contribution in [0, 0.1) is 13.8 Å². The number of aromatic nitrogens is 5. The number of hydrogen-bond donors (Lipinski definition) is 0. The van der Waals surface area contributed by atoms with Crippen molar-refractivity contribution in [2.45, 2.75) is 58.5 Å². The zero-order valence-corrected chi connectivity index (χ0v) is 16.9. The van der Waals surface area contributed by atoms with Crippen molar-refractivity contribution in [2.24, 2.45) is 0 Å². The summed E-state index contributed by atoms with van der Waals surface area (Å²) in [5, 5.41) is 3.97. The van der Waals surface area contributed by atoms with Crippen LogP contribution in [0.4, 0.5) is 0 Å². The normalized spacial score (nSPS) is 16.5. The molecule has 1 unspecified atom stereocenters. The molecular formula is C21H26N6O2. The third-order valence-electron chi connectivity index (χ3n) is 5.57. The lowest BCUT2D eigenvalue weighted by atomic mass is 10.1. The Bertz CT molecular complexity index is 929. The van der Waals surface area contributed by atoms with Gasteiger partial charge in [-0.15, -0.1) is 0 Å². The third-order valence-corrected chi connectivity index (χ3v) is 5.57. The minimum absolute atomic E-state index is 0.223. The highest BCUT2D eigenvalue weighted by atomic mass is 16.5. The Balaban J connectivity index is 1.32. The van der Waals surface area contributed by atoms with Crippen LogP contribution in [-0.2, 0) is 17.8 Å². The number of carbonyl (C=O) groups excluding carboxylic acids is 1. The van der Waals surface area contributed by atoms with Crippen molar-refractivity contribution in [3.8, 4) is 11.3 Å². The van der Waals surface area contributed by atoms with Crippen LogP contribution >= 0.6 is 0 Å². The minimum Gasteiger partial charge on any atom is -0.361 e. The summed E-state index contributed by atoms with van der Waals surface area (Å²) in [6, 6.07) is 0.286. The average Bonchev–Trinajstić information content (AvgIpc) is 3.47. The lowest BCUT2D eigenvalue weighted by Gasteiger charge is -2.25. The molecule has 152 valence electrons. The largest absolute Gasteiger partial charge is 0.361 e. The van der Waals surface area contributed by atoms with E-state index in [-0.39, 0.29) is 11.9 Å². The second-order valence-electron chi connectivity index (χ2n) is 7.56. The molecule has 0 aromatic carbocycles. The van der Waals surface area contributed by atoms with Crippen LogP contribution in [0.15, 0.2) is 35.6 Å². The van der Waals surface area contributed by atoms with E-state index in [1.54, 1.807) is 18.7 Å². The van der Waals surface area contributed by atoms with Gasteiger partial charge in [-0.1, -0.05) is 5.16 Å². The van der Waals surface area contributed by atoms with E-state index in [2.05, 4.69) is 20.1 Å². The molecule has 1 aliphatic rings. The maximum absolute atomic E-state index is 12.7. The van der Waals surface area contributed by atoms with E-state index >= 15 is 0 Å². The first kappa shape index (κ1) is 19.3. The van der Waals surface area contributed by atoms with E-state index in [0.717, 1.165) is 60.6 Å². The van der Waals surface area contributed by atoms with Gasteiger partial charge in [-0.3, -0.25) is 14.8 Å². The molecule has 1 aliphatic heterocycles. The zero-order valence-electron chi connectivity index (χ0n) is 16.9. The summed E-state index contributed by atoms with van der Waals surface area (Å²) in [6.07, 6.45) is 13.3. The molecule has 0 N–H and O–H groups in total. The molecule has 4 rings (SSSR count). The monoisotopic (exact) mass is 394 g/mol. The smallest absolute Gasteiger partial charge is 0.224 e. The lowest BCUT2D eigenvalue weighted by molar-refractivity contribution is -0.132. The molecule has 8 heteroatoms. The van der Waals surface area contributed by atoms with Crippen molar-refractivity contribution in [1.29, 1.82) is 0 Å². The van der Waals surface area contributed by atoms with Crippen molar-refractivity contribution in [3.05, 3.63) is 48.3 Å². The van der Waals surface area contributed by atoms with Crippen molar-refractivity contribution in [3.63, 3.8) is 0 Å². The van der Waals surface area contributed by atoms with Crippen molar-refractivity contribution in [2.75, 3.05) is 6.54 Å². The number of nitrogens with zero attached hydrogens (tertiary/aromatic N) is 6. The Kier molecular flexibility index (Phi) is 5.69. The first-order valence-corrected chi connectivity index (χ1v) is 10.1. The van der Waals surface area contributed by atoms with Gasteiger partial charge in [-0.2, -0.15) is 0 Å². The predicted molar refractivity (Wildman–Crippen MR) is 107 cm³/mol. The molecule has 4 heterocycles. The Morgan fingerprint density at radius 3 is 2.86 bits per heavy atom. The predicted octanol–water partition coefficient (Wildman–Crippen LogP) is 2.96. The number of hydrogen-bond acceptors (Lipinski definition) is 6. The van der Waals surface area contributed by atoms with Crippen LogP contribution in [0.2, 0.25) is 0 Å². The molecule has 8 nitrogen and oxygen atoms in total. The van der Waals surface area contributed by atoms with Gasteiger partial charge in [-0.25, -0.2) is 4.98 Å². The highest BCUT2D eigenvalue weighted by Gasteiger charge is 2.28. The second kappa shape index (κ2) is 8.55. The first-order valence-electron chi connectivity index (χ1n) is 10.1. The van der Waals surface area contributed by atoms with E-state index in [0.29, 0.717) is 13.0 Å². The number of amides is 1. The Hall–Kier alpha value is -3.03. The molecule has 0 spiro atoms. The average molecular weight is 394 g/mol. The number of aryl methyl sites for hydroxylation is 4. The summed E-state index contributed by atoms with van der Waals surface area (Å²) in [4.78, 5) is 27.8. The maximum atomic E-state index is 12.7. The van der Waals surface area contributed by atoms with Crippen LogP contribution in [-0.4, -0.2) is 48.1 Å². The Morgan fingerprint density at radius 1 is 1.28 bits per heavy atom. The van der Waals surface area contributed by atoms with Gasteiger partial charge in [0.1, 0.15) is 5.76 Å². The first-order chi connectivity index (χ1) is 14.1.